The summed E-state index contributed by atoms with van der Waals surface area (Å²) in [6.07, 6.45) is 2.13. The molecule has 1 aromatic rings. The second-order valence-electron chi connectivity index (χ2n) is 4.14. The number of benzene rings is 1. The summed E-state index contributed by atoms with van der Waals surface area (Å²) in [6.45, 7) is 7.38. The smallest absolute Gasteiger partial charge is 0.0521 e. The van der Waals surface area contributed by atoms with Crippen LogP contribution in [0.2, 0.25) is 0 Å². The summed E-state index contributed by atoms with van der Waals surface area (Å²) >= 11 is 0. The molecule has 2 rings (SSSR count). The van der Waals surface area contributed by atoms with Gasteiger partial charge in [0.15, 0.2) is 0 Å². The molecule has 15 heavy (non-hydrogen) atoms. The van der Waals surface area contributed by atoms with Crippen molar-refractivity contribution >= 4 is 5.69 Å². The quantitative estimate of drug-likeness (QED) is 0.758. The molecule has 2 N–H and O–H groups in total. The molecule has 1 unspecified atom stereocenters. The van der Waals surface area contributed by atoms with E-state index in [9.17, 15) is 0 Å². The van der Waals surface area contributed by atoms with E-state index in [1.165, 1.54) is 22.5 Å². The summed E-state index contributed by atoms with van der Waals surface area (Å²) in [5.74, 6) is 0. The monoisotopic (exact) mass is 202 g/mol. The van der Waals surface area contributed by atoms with Crippen LogP contribution in [-0.4, -0.2) is 6.54 Å². The number of aryl methyl sites for hydroxylation is 1. The Morgan fingerprint density at radius 2 is 2.07 bits per heavy atom. The predicted octanol–water partition coefficient (Wildman–Crippen LogP) is 2.74. The van der Waals surface area contributed by atoms with Gasteiger partial charge in [0.2, 0.25) is 0 Å². The first-order valence-electron chi connectivity index (χ1n) is 5.45. The van der Waals surface area contributed by atoms with Crippen molar-refractivity contribution in [3.05, 3.63) is 41.1 Å². The van der Waals surface area contributed by atoms with Crippen molar-refractivity contribution in [2.45, 2.75) is 26.8 Å². The fourth-order valence-electron chi connectivity index (χ4n) is 2.24. The van der Waals surface area contributed by atoms with Crippen molar-refractivity contribution in [1.82, 2.24) is 0 Å². The molecule has 0 fully saturated rings. The number of anilines is 1. The third-order valence-corrected chi connectivity index (χ3v) is 3.00. The molecule has 1 atom stereocenters. The maximum absolute atomic E-state index is 6.12. The van der Waals surface area contributed by atoms with Crippen LogP contribution in [0.4, 0.5) is 5.69 Å². The summed E-state index contributed by atoms with van der Waals surface area (Å²) in [5.41, 5.74) is 11.1. The zero-order chi connectivity index (χ0) is 11.0. The van der Waals surface area contributed by atoms with Crippen LogP contribution in [0.25, 0.3) is 0 Å². The van der Waals surface area contributed by atoms with Gasteiger partial charge in [-0.15, -0.1) is 0 Å². The highest BCUT2D eigenvalue weighted by Gasteiger charge is 2.20. The number of allylic oxidation sites excluding steroid dienone is 1. The van der Waals surface area contributed by atoms with Crippen LogP contribution >= 0.6 is 0 Å². The van der Waals surface area contributed by atoms with Crippen molar-refractivity contribution < 1.29 is 0 Å². The van der Waals surface area contributed by atoms with Gasteiger partial charge in [-0.3, -0.25) is 0 Å². The predicted molar refractivity (Wildman–Crippen MR) is 64.9 cm³/mol. The van der Waals surface area contributed by atoms with E-state index >= 15 is 0 Å². The second kappa shape index (κ2) is 3.70. The number of fused-ring (bicyclic) bond motifs is 1. The average molecular weight is 202 g/mol. The van der Waals surface area contributed by atoms with Gasteiger partial charge < -0.3 is 10.6 Å². The number of hydrogen-bond acceptors (Lipinski definition) is 2. The fourth-order valence-corrected chi connectivity index (χ4v) is 2.24. The lowest BCUT2D eigenvalue weighted by atomic mass is 9.97. The highest BCUT2D eigenvalue weighted by atomic mass is 15.1. The molecule has 0 saturated carbocycles. The summed E-state index contributed by atoms with van der Waals surface area (Å²) in [7, 11) is 0. The molecule has 1 aliphatic heterocycles. The highest BCUT2D eigenvalue weighted by Crippen LogP contribution is 2.34. The van der Waals surface area contributed by atoms with Crippen LogP contribution in [0.3, 0.4) is 0 Å². The van der Waals surface area contributed by atoms with Gasteiger partial charge in [-0.2, -0.15) is 0 Å². The Morgan fingerprint density at radius 1 is 1.33 bits per heavy atom. The molecule has 1 aliphatic rings. The van der Waals surface area contributed by atoms with E-state index in [0.29, 0.717) is 0 Å². The van der Waals surface area contributed by atoms with E-state index in [2.05, 4.69) is 49.9 Å². The number of rotatable bonds is 1. The van der Waals surface area contributed by atoms with Crippen LogP contribution in [0.15, 0.2) is 30.0 Å². The number of hydrogen-bond donors (Lipinski definition) is 1. The Bertz CT molecular complexity index is 407. The van der Waals surface area contributed by atoms with Gasteiger partial charge in [0.25, 0.3) is 0 Å². The van der Waals surface area contributed by atoms with Gasteiger partial charge in [0.1, 0.15) is 0 Å². The van der Waals surface area contributed by atoms with E-state index in [1.54, 1.807) is 0 Å². The van der Waals surface area contributed by atoms with Gasteiger partial charge in [-0.1, -0.05) is 17.7 Å². The highest BCUT2D eigenvalue weighted by molar-refractivity contribution is 5.63. The van der Waals surface area contributed by atoms with Gasteiger partial charge >= 0.3 is 0 Å². The van der Waals surface area contributed by atoms with Crippen LogP contribution in [0, 0.1) is 6.92 Å². The molecule has 0 spiro atoms. The number of nitrogens with zero attached hydrogens (tertiary/aromatic N) is 1. The third-order valence-electron chi connectivity index (χ3n) is 3.00. The minimum Gasteiger partial charge on any atom is -0.346 e. The molecule has 0 aromatic heterocycles. The molecule has 0 amide bonds. The largest absolute Gasteiger partial charge is 0.346 e. The Morgan fingerprint density at radius 3 is 2.73 bits per heavy atom. The molecule has 0 aliphatic carbocycles. The molecule has 0 radical (unpaired) electrons. The topological polar surface area (TPSA) is 29.3 Å². The van der Waals surface area contributed by atoms with E-state index in [4.69, 9.17) is 5.73 Å². The summed E-state index contributed by atoms with van der Waals surface area (Å²) in [6, 6.07) is 6.55. The number of nitrogens with two attached hydrogens (primary N) is 1. The molecular formula is C13H18N2. The van der Waals surface area contributed by atoms with Crippen LogP contribution < -0.4 is 10.6 Å². The molecule has 0 bridgehead atoms. The third kappa shape index (κ3) is 1.65. The minimum absolute atomic E-state index is 0.0442. The Labute approximate surface area is 91.4 Å². The first-order valence-corrected chi connectivity index (χ1v) is 5.45. The zero-order valence-corrected chi connectivity index (χ0v) is 9.62. The standard InChI is InChI=1S/C13H18N2/c1-4-15-10(3)8-12(14)11-7-9(2)5-6-13(11)15/h5-8,12H,4,14H2,1-3H3. The first kappa shape index (κ1) is 10.2. The van der Waals surface area contributed by atoms with E-state index in [0.717, 1.165) is 6.54 Å². The molecule has 1 heterocycles. The Balaban J connectivity index is 2.55. The Hall–Kier alpha value is -1.28. The van der Waals surface area contributed by atoms with Gasteiger partial charge in [-0.05, 0) is 38.5 Å². The van der Waals surface area contributed by atoms with Crippen LogP contribution in [0.5, 0.6) is 0 Å². The molecule has 1 aromatic carbocycles. The molecular weight excluding hydrogens is 184 g/mol. The maximum Gasteiger partial charge on any atom is 0.0521 e. The molecule has 2 nitrogen and oxygen atoms in total. The van der Waals surface area contributed by atoms with E-state index < -0.39 is 0 Å². The Kier molecular flexibility index (Phi) is 2.53. The van der Waals surface area contributed by atoms with Crippen molar-refractivity contribution in [1.29, 1.82) is 0 Å². The first-order chi connectivity index (χ1) is 7.13. The van der Waals surface area contributed by atoms with Crippen LogP contribution in [0.1, 0.15) is 31.0 Å². The lowest BCUT2D eigenvalue weighted by molar-refractivity contribution is 0.818. The molecule has 0 saturated heterocycles. The average Bonchev–Trinajstić information content (AvgIpc) is 2.19. The lowest BCUT2D eigenvalue weighted by Gasteiger charge is -2.32. The van der Waals surface area contributed by atoms with Gasteiger partial charge in [0.05, 0.1) is 6.04 Å². The van der Waals surface area contributed by atoms with E-state index in [1.807, 2.05) is 0 Å². The van der Waals surface area contributed by atoms with Gasteiger partial charge in [-0.25, -0.2) is 0 Å². The van der Waals surface area contributed by atoms with Crippen molar-refractivity contribution in [2.24, 2.45) is 5.73 Å². The van der Waals surface area contributed by atoms with Crippen molar-refractivity contribution in [2.75, 3.05) is 11.4 Å². The second-order valence-corrected chi connectivity index (χ2v) is 4.14. The zero-order valence-electron chi connectivity index (χ0n) is 9.62. The van der Waals surface area contributed by atoms with Crippen LogP contribution in [-0.2, 0) is 0 Å². The minimum atomic E-state index is 0.0442. The normalized spacial score (nSPS) is 19.9. The summed E-state index contributed by atoms with van der Waals surface area (Å²) in [4.78, 5) is 2.30. The van der Waals surface area contributed by atoms with Crippen molar-refractivity contribution in [3.8, 4) is 0 Å². The van der Waals surface area contributed by atoms with Crippen molar-refractivity contribution in [3.63, 3.8) is 0 Å². The maximum atomic E-state index is 6.12. The molecule has 80 valence electrons. The lowest BCUT2D eigenvalue weighted by Crippen LogP contribution is -2.28. The van der Waals surface area contributed by atoms with E-state index in [-0.39, 0.29) is 6.04 Å². The fraction of sp³-hybridized carbons (Fsp3) is 0.385. The molecule has 2 heteroatoms. The van der Waals surface area contributed by atoms with Gasteiger partial charge in [0, 0.05) is 17.9 Å². The SMILES string of the molecule is CCN1C(C)=CC(N)c2cc(C)ccc21. The summed E-state index contributed by atoms with van der Waals surface area (Å²) in [5, 5.41) is 0. The summed E-state index contributed by atoms with van der Waals surface area (Å²) < 4.78 is 0.